The number of nitrogens with one attached hydrogen (secondary N) is 1. The van der Waals surface area contributed by atoms with Crippen LogP contribution in [-0.2, 0) is 11.0 Å². The Balaban J connectivity index is 1.46. The number of rotatable bonds is 6. The zero-order valence-electron chi connectivity index (χ0n) is 15.5. The van der Waals surface area contributed by atoms with Gasteiger partial charge < -0.3 is 9.62 Å². The molecule has 8 heteroatoms. The van der Waals surface area contributed by atoms with Gasteiger partial charge >= 0.3 is 0 Å². The average Bonchev–Trinajstić information content (AvgIpc) is 3.24. The van der Waals surface area contributed by atoms with Crippen molar-refractivity contribution in [2.24, 2.45) is 5.41 Å². The summed E-state index contributed by atoms with van der Waals surface area (Å²) in [4.78, 5) is 2.43. The molecule has 146 valence electrons. The third kappa shape index (κ3) is 4.32. The molecule has 0 amide bonds. The smallest absolute Gasteiger partial charge is 0.137 e. The van der Waals surface area contributed by atoms with Crippen LogP contribution in [-0.4, -0.2) is 35.7 Å². The normalized spacial score (nSPS) is 19.5. The first-order chi connectivity index (χ1) is 13.0. The quantitative estimate of drug-likeness (QED) is 0.601. The van der Waals surface area contributed by atoms with Gasteiger partial charge in [-0.1, -0.05) is 17.7 Å². The van der Waals surface area contributed by atoms with E-state index in [1.54, 1.807) is 27.6 Å². The highest BCUT2D eigenvalue weighted by Gasteiger charge is 2.44. The maximum absolute atomic E-state index is 12.2. The fourth-order valence-corrected chi connectivity index (χ4v) is 7.08. The van der Waals surface area contributed by atoms with Crippen LogP contribution in [0.25, 0.3) is 0 Å². The van der Waals surface area contributed by atoms with Crippen molar-refractivity contribution in [1.29, 1.82) is 0 Å². The van der Waals surface area contributed by atoms with Gasteiger partial charge in [0.25, 0.3) is 0 Å². The van der Waals surface area contributed by atoms with Gasteiger partial charge in [-0.3, -0.25) is 0 Å². The molecule has 1 aliphatic carbocycles. The van der Waals surface area contributed by atoms with Gasteiger partial charge in [0.1, 0.15) is 15.2 Å². The summed E-state index contributed by atoms with van der Waals surface area (Å²) < 4.78 is 19.3. The predicted octanol–water partition coefficient (Wildman–Crippen LogP) is 5.49. The molecule has 1 aliphatic heterocycles. The minimum atomic E-state index is -1.09. The van der Waals surface area contributed by atoms with Gasteiger partial charge in [0.15, 0.2) is 0 Å². The molecular weight excluding hydrogens is 418 g/mol. The van der Waals surface area contributed by atoms with Crippen LogP contribution in [0.2, 0.25) is 5.02 Å². The summed E-state index contributed by atoms with van der Waals surface area (Å²) in [6.07, 6.45) is 5.35. The van der Waals surface area contributed by atoms with Gasteiger partial charge in [0.2, 0.25) is 0 Å². The Morgan fingerprint density at radius 2 is 1.93 bits per heavy atom. The first-order valence-electron chi connectivity index (χ1n) is 9.13. The Kier molecular flexibility index (Phi) is 5.77. The molecule has 1 aromatic heterocycles. The number of para-hydroxylation sites is 1. The number of thiophene rings is 1. The number of hydrogen-bond donors (Lipinski definition) is 1. The Bertz CT molecular complexity index is 840. The number of halogens is 1. The molecule has 2 heterocycles. The van der Waals surface area contributed by atoms with E-state index in [0.29, 0.717) is 5.41 Å². The van der Waals surface area contributed by atoms with Gasteiger partial charge in [-0.05, 0) is 81.4 Å². The highest BCUT2D eigenvalue weighted by atomic mass is 35.5. The Hall–Kier alpha value is -0.730. The number of hydrogen-bond acceptors (Lipinski definition) is 5. The zero-order chi connectivity index (χ0) is 19.0. The molecule has 4 nitrogen and oxygen atoms in total. The summed E-state index contributed by atoms with van der Waals surface area (Å²) in [7, 11) is 2.55. The summed E-state index contributed by atoms with van der Waals surface area (Å²) in [6, 6.07) is 9.99. The van der Waals surface area contributed by atoms with Crippen LogP contribution in [0.3, 0.4) is 0 Å². The molecule has 1 spiro atoms. The molecule has 1 aromatic carbocycles. The second kappa shape index (κ2) is 7.95. The van der Waals surface area contributed by atoms with Crippen molar-refractivity contribution >= 4 is 57.2 Å². The monoisotopic (exact) mass is 441 g/mol. The summed E-state index contributed by atoms with van der Waals surface area (Å²) in [5.41, 5.74) is 2.80. The van der Waals surface area contributed by atoms with Crippen LogP contribution in [0, 0.1) is 5.41 Å². The number of anilines is 2. The van der Waals surface area contributed by atoms with Crippen molar-refractivity contribution < 1.29 is 4.21 Å². The predicted molar refractivity (Wildman–Crippen MR) is 118 cm³/mol. The highest BCUT2D eigenvalue weighted by molar-refractivity contribution is 8.02. The first kappa shape index (κ1) is 19.6. The van der Waals surface area contributed by atoms with Crippen molar-refractivity contribution in [3.8, 4) is 0 Å². The van der Waals surface area contributed by atoms with Crippen LogP contribution in [0.1, 0.15) is 25.7 Å². The molecule has 4 rings (SSSR count). The van der Waals surface area contributed by atoms with E-state index >= 15 is 0 Å². The topological polar surface area (TPSA) is 35.6 Å². The van der Waals surface area contributed by atoms with E-state index in [1.807, 2.05) is 38.4 Å². The van der Waals surface area contributed by atoms with E-state index < -0.39 is 11.0 Å². The lowest BCUT2D eigenvalue weighted by Gasteiger charge is -2.35. The van der Waals surface area contributed by atoms with Crippen molar-refractivity contribution in [1.82, 2.24) is 4.31 Å². The molecule has 1 unspecified atom stereocenters. The maximum Gasteiger partial charge on any atom is 0.137 e. The van der Waals surface area contributed by atoms with Gasteiger partial charge in [-0.2, -0.15) is 0 Å². The Labute approximate surface area is 177 Å². The number of piperidine rings is 1. The molecular formula is C19H24ClN3OS3. The van der Waals surface area contributed by atoms with Crippen LogP contribution in [0.4, 0.5) is 11.4 Å². The third-order valence-corrected chi connectivity index (χ3v) is 9.37. The van der Waals surface area contributed by atoms with Crippen LogP contribution >= 0.6 is 34.9 Å². The molecule has 2 fully saturated rings. The lowest BCUT2D eigenvalue weighted by atomic mass is 9.93. The molecule has 1 atom stereocenters. The van der Waals surface area contributed by atoms with Crippen molar-refractivity contribution in [2.45, 2.75) is 34.1 Å². The average molecular weight is 442 g/mol. The van der Waals surface area contributed by atoms with Crippen LogP contribution < -0.4 is 9.62 Å². The summed E-state index contributed by atoms with van der Waals surface area (Å²) in [6.45, 7) is 2.15. The molecule has 0 radical (unpaired) electrons. The summed E-state index contributed by atoms with van der Waals surface area (Å²) in [5, 5.41) is 0.799. The lowest BCUT2D eigenvalue weighted by Crippen LogP contribution is -2.34. The number of benzene rings is 1. The Morgan fingerprint density at radius 3 is 2.59 bits per heavy atom. The number of nitrogens with zero attached hydrogens (tertiary/aromatic N) is 2. The van der Waals surface area contributed by atoms with Crippen LogP contribution in [0.15, 0.2) is 38.8 Å². The lowest BCUT2D eigenvalue weighted by molar-refractivity contribution is 0.384. The van der Waals surface area contributed by atoms with E-state index in [9.17, 15) is 4.21 Å². The van der Waals surface area contributed by atoms with Crippen LogP contribution in [0.5, 0.6) is 0 Å². The fraction of sp³-hybridized carbons (Fsp3) is 0.474. The van der Waals surface area contributed by atoms with E-state index in [-0.39, 0.29) is 0 Å². The second-order valence-electron chi connectivity index (χ2n) is 7.46. The van der Waals surface area contributed by atoms with Gasteiger partial charge in [0, 0.05) is 13.1 Å². The molecule has 0 bridgehead atoms. The largest absolute Gasteiger partial charge is 0.369 e. The minimum absolute atomic E-state index is 0.648. The standard InChI is InChI=1S/C19H24ClN3OS3/c1-22(2)27(24)17-7-6-16(25-17)26-21-15-5-3-4-14(20)18(15)23-12-10-19(8-9-19)11-13-23/h3-7,21H,8-13H2,1-2H3. The van der Waals surface area contributed by atoms with Gasteiger partial charge in [-0.15, -0.1) is 11.3 Å². The van der Waals surface area contributed by atoms with Gasteiger partial charge in [-0.25, -0.2) is 8.51 Å². The van der Waals surface area contributed by atoms with Crippen molar-refractivity contribution in [3.05, 3.63) is 35.4 Å². The molecule has 1 saturated heterocycles. The molecule has 1 saturated carbocycles. The summed E-state index contributed by atoms with van der Waals surface area (Å²) >= 11 is 9.68. The molecule has 1 N–H and O–H groups in total. The second-order valence-corrected chi connectivity index (χ2v) is 12.0. The van der Waals surface area contributed by atoms with Gasteiger partial charge in [0.05, 0.1) is 20.6 Å². The van der Waals surface area contributed by atoms with Crippen molar-refractivity contribution in [2.75, 3.05) is 36.8 Å². The summed E-state index contributed by atoms with van der Waals surface area (Å²) in [5.74, 6) is 0. The minimum Gasteiger partial charge on any atom is -0.369 e. The van der Waals surface area contributed by atoms with E-state index in [2.05, 4.69) is 15.7 Å². The third-order valence-electron chi connectivity index (χ3n) is 5.41. The maximum atomic E-state index is 12.2. The molecule has 2 aliphatic rings. The van der Waals surface area contributed by atoms with E-state index in [4.69, 9.17) is 11.6 Å². The first-order valence-corrected chi connectivity index (χ1v) is 12.2. The SMILES string of the molecule is CN(C)S(=O)c1ccc(SNc2cccc(Cl)c2N2CCC3(CC2)CC3)s1. The van der Waals surface area contributed by atoms with E-state index in [1.165, 1.54) is 25.7 Å². The Morgan fingerprint density at radius 1 is 1.19 bits per heavy atom. The van der Waals surface area contributed by atoms with Crippen molar-refractivity contribution in [3.63, 3.8) is 0 Å². The highest BCUT2D eigenvalue weighted by Crippen LogP contribution is 2.54. The molecule has 2 aromatic rings. The zero-order valence-corrected chi connectivity index (χ0v) is 18.7. The van der Waals surface area contributed by atoms with E-state index in [0.717, 1.165) is 37.9 Å². The fourth-order valence-electron chi connectivity index (χ4n) is 3.54. The molecule has 27 heavy (non-hydrogen) atoms.